The molecular weight excluding hydrogens is 366 g/mol. The third kappa shape index (κ3) is 3.26. The van der Waals surface area contributed by atoms with Gasteiger partial charge in [0.05, 0.1) is 19.2 Å². The maximum Gasteiger partial charge on any atom is 0.163 e. The van der Waals surface area contributed by atoms with Gasteiger partial charge in [-0.15, -0.1) is 0 Å². The molecule has 27 heavy (non-hydrogen) atoms. The third-order valence-corrected chi connectivity index (χ3v) is 4.92. The molecule has 140 valence electrons. The van der Waals surface area contributed by atoms with E-state index in [0.29, 0.717) is 16.5 Å². The van der Waals surface area contributed by atoms with Gasteiger partial charge in [0.2, 0.25) is 0 Å². The molecule has 0 fully saturated rings. The molecule has 2 heterocycles. The first-order valence-electron chi connectivity index (χ1n) is 8.77. The number of aliphatic hydroxyl groups excluding tert-OH is 1. The molecule has 0 bridgehead atoms. The van der Waals surface area contributed by atoms with Crippen molar-refractivity contribution in [1.29, 1.82) is 0 Å². The summed E-state index contributed by atoms with van der Waals surface area (Å²) in [6.45, 7) is 2.53. The first-order chi connectivity index (χ1) is 13.1. The lowest BCUT2D eigenvalue weighted by Crippen LogP contribution is -2.17. The normalized spacial score (nSPS) is 14.3. The topological polar surface area (TPSA) is 67.7 Å². The van der Waals surface area contributed by atoms with Crippen molar-refractivity contribution in [3.8, 4) is 11.5 Å². The first kappa shape index (κ1) is 17.8. The number of nitrogens with zero attached hydrogens (tertiary/aromatic N) is 3. The Morgan fingerprint density at radius 3 is 2.85 bits per heavy atom. The molecule has 1 atom stereocenters. The Morgan fingerprint density at radius 2 is 2.07 bits per heavy atom. The van der Waals surface area contributed by atoms with Crippen LogP contribution in [0.2, 0.25) is 5.02 Å². The van der Waals surface area contributed by atoms with Gasteiger partial charge in [0.1, 0.15) is 18.2 Å². The van der Waals surface area contributed by atoms with Crippen LogP contribution in [-0.2, 0) is 6.42 Å². The van der Waals surface area contributed by atoms with E-state index in [1.165, 1.54) is 5.56 Å². The van der Waals surface area contributed by atoms with E-state index in [2.05, 4.69) is 20.9 Å². The lowest BCUT2D eigenvalue weighted by molar-refractivity contribution is 0.126. The summed E-state index contributed by atoms with van der Waals surface area (Å²) in [5.74, 6) is 1.92. The number of fused-ring (bicyclic) bond motifs is 2. The zero-order valence-corrected chi connectivity index (χ0v) is 15.9. The van der Waals surface area contributed by atoms with Crippen molar-refractivity contribution < 1.29 is 14.6 Å². The minimum absolute atomic E-state index is 0.0818. The predicted octanol–water partition coefficient (Wildman–Crippen LogP) is 3.75. The molecule has 0 aliphatic carbocycles. The molecule has 1 aliphatic rings. The van der Waals surface area contributed by atoms with Gasteiger partial charge in [0.25, 0.3) is 0 Å². The Kier molecular flexibility index (Phi) is 4.76. The van der Waals surface area contributed by atoms with Gasteiger partial charge < -0.3 is 19.5 Å². The highest BCUT2D eigenvalue weighted by atomic mass is 35.5. The molecule has 0 saturated heterocycles. The molecule has 6 nitrogen and oxygen atoms in total. The molecule has 7 heteroatoms. The summed E-state index contributed by atoms with van der Waals surface area (Å²) in [7, 11) is 1.59. The predicted molar refractivity (Wildman–Crippen MR) is 105 cm³/mol. The molecule has 1 N–H and O–H groups in total. The number of hydrogen-bond donors (Lipinski definition) is 1. The minimum Gasteiger partial charge on any atom is -0.493 e. The van der Waals surface area contributed by atoms with Crippen LogP contribution in [0, 0.1) is 0 Å². The van der Waals surface area contributed by atoms with Crippen molar-refractivity contribution in [2.24, 2.45) is 0 Å². The lowest BCUT2D eigenvalue weighted by Gasteiger charge is -2.21. The molecule has 1 unspecified atom stereocenters. The molecule has 0 saturated carbocycles. The second kappa shape index (κ2) is 7.21. The van der Waals surface area contributed by atoms with Crippen LogP contribution in [0.5, 0.6) is 11.5 Å². The fourth-order valence-electron chi connectivity index (χ4n) is 3.34. The summed E-state index contributed by atoms with van der Waals surface area (Å²) >= 11 is 6.21. The van der Waals surface area contributed by atoms with E-state index in [1.54, 1.807) is 20.4 Å². The van der Waals surface area contributed by atoms with E-state index in [9.17, 15) is 5.11 Å². The number of anilines is 2. The van der Waals surface area contributed by atoms with Crippen molar-refractivity contribution in [2.75, 3.05) is 25.2 Å². The first-order valence-corrected chi connectivity index (χ1v) is 9.14. The van der Waals surface area contributed by atoms with Gasteiger partial charge in [-0.3, -0.25) is 0 Å². The number of rotatable bonds is 5. The minimum atomic E-state index is -0.342. The van der Waals surface area contributed by atoms with Crippen LogP contribution in [0.1, 0.15) is 12.5 Å². The van der Waals surface area contributed by atoms with E-state index in [-0.39, 0.29) is 12.7 Å². The van der Waals surface area contributed by atoms with Crippen LogP contribution in [0.15, 0.2) is 36.7 Å². The van der Waals surface area contributed by atoms with Crippen LogP contribution < -0.4 is 14.4 Å². The summed E-state index contributed by atoms with van der Waals surface area (Å²) < 4.78 is 11.3. The van der Waals surface area contributed by atoms with Gasteiger partial charge >= 0.3 is 0 Å². The fraction of sp³-hybridized carbons (Fsp3) is 0.300. The zero-order valence-electron chi connectivity index (χ0n) is 15.1. The highest BCUT2D eigenvalue weighted by Gasteiger charge is 2.24. The van der Waals surface area contributed by atoms with Crippen LogP contribution in [0.3, 0.4) is 0 Å². The zero-order chi connectivity index (χ0) is 19.0. The number of aliphatic hydroxyl groups is 1. The number of halogens is 1. The van der Waals surface area contributed by atoms with Gasteiger partial charge in [0.15, 0.2) is 11.5 Å². The largest absolute Gasteiger partial charge is 0.493 e. The van der Waals surface area contributed by atoms with Gasteiger partial charge in [0, 0.05) is 28.7 Å². The number of ether oxygens (including phenoxy) is 2. The highest BCUT2D eigenvalue weighted by molar-refractivity contribution is 6.31. The number of benzene rings is 2. The van der Waals surface area contributed by atoms with E-state index in [0.717, 1.165) is 35.4 Å². The quantitative estimate of drug-likeness (QED) is 0.721. The maximum atomic E-state index is 9.27. The standard InChI is InChI=1S/C20H20ClN3O3/c1-12(10-25)27-19-9-16-15(8-18(19)26-2)20(23-11-22-16)24-6-5-13-3-4-14(21)7-17(13)24/h3-4,7-9,11-12,25H,5-6,10H2,1-2H3. The van der Waals surface area contributed by atoms with E-state index in [4.69, 9.17) is 21.1 Å². The fourth-order valence-corrected chi connectivity index (χ4v) is 3.51. The third-order valence-electron chi connectivity index (χ3n) is 4.68. The number of hydrogen-bond acceptors (Lipinski definition) is 6. The Bertz CT molecular complexity index is 996. The van der Waals surface area contributed by atoms with E-state index >= 15 is 0 Å². The van der Waals surface area contributed by atoms with Crippen molar-refractivity contribution in [2.45, 2.75) is 19.4 Å². The maximum absolute atomic E-state index is 9.27. The molecule has 2 aromatic carbocycles. The second-order valence-corrected chi connectivity index (χ2v) is 6.94. The average Bonchev–Trinajstić information content (AvgIpc) is 3.09. The Labute approximate surface area is 162 Å². The molecule has 0 spiro atoms. The van der Waals surface area contributed by atoms with Gasteiger partial charge in [-0.05, 0) is 37.1 Å². The summed E-state index contributed by atoms with van der Waals surface area (Å²) in [5, 5.41) is 10.8. The van der Waals surface area contributed by atoms with Crippen LogP contribution in [0.4, 0.5) is 11.5 Å². The SMILES string of the molecule is COc1cc2c(N3CCc4ccc(Cl)cc43)ncnc2cc1OC(C)CO. The molecule has 4 rings (SSSR count). The number of methoxy groups -OCH3 is 1. The molecule has 3 aromatic rings. The average molecular weight is 386 g/mol. The molecule has 0 radical (unpaired) electrons. The monoisotopic (exact) mass is 385 g/mol. The van der Waals surface area contributed by atoms with E-state index in [1.807, 2.05) is 24.3 Å². The second-order valence-electron chi connectivity index (χ2n) is 6.50. The van der Waals surface area contributed by atoms with Crippen molar-refractivity contribution in [3.05, 3.63) is 47.2 Å². The van der Waals surface area contributed by atoms with Gasteiger partial charge in [-0.1, -0.05) is 17.7 Å². The summed E-state index contributed by atoms with van der Waals surface area (Å²) in [6, 6.07) is 9.64. The van der Waals surface area contributed by atoms with Crippen molar-refractivity contribution in [1.82, 2.24) is 9.97 Å². The Balaban J connectivity index is 1.83. The summed E-state index contributed by atoms with van der Waals surface area (Å²) in [5.41, 5.74) is 3.06. The van der Waals surface area contributed by atoms with Crippen LogP contribution in [0.25, 0.3) is 10.9 Å². The number of aromatic nitrogens is 2. The smallest absolute Gasteiger partial charge is 0.163 e. The lowest BCUT2D eigenvalue weighted by atomic mass is 10.1. The highest BCUT2D eigenvalue weighted by Crippen LogP contribution is 2.40. The van der Waals surface area contributed by atoms with Crippen molar-refractivity contribution >= 4 is 34.0 Å². The van der Waals surface area contributed by atoms with Gasteiger partial charge in [-0.25, -0.2) is 9.97 Å². The summed E-state index contributed by atoms with van der Waals surface area (Å²) in [6.07, 6.45) is 2.14. The van der Waals surface area contributed by atoms with Gasteiger partial charge in [-0.2, -0.15) is 0 Å². The van der Waals surface area contributed by atoms with Crippen molar-refractivity contribution in [3.63, 3.8) is 0 Å². The molecule has 1 aromatic heterocycles. The summed E-state index contributed by atoms with van der Waals surface area (Å²) in [4.78, 5) is 11.1. The van der Waals surface area contributed by atoms with Crippen LogP contribution in [-0.4, -0.2) is 41.4 Å². The molecule has 0 amide bonds. The van der Waals surface area contributed by atoms with Crippen LogP contribution >= 0.6 is 11.6 Å². The molecule has 1 aliphatic heterocycles. The Hall–Kier alpha value is -2.57. The van der Waals surface area contributed by atoms with E-state index < -0.39 is 0 Å². The Morgan fingerprint density at radius 1 is 1.22 bits per heavy atom. The molecular formula is C20H20ClN3O3.